The molecule has 9 nitrogen and oxygen atoms in total. The highest BCUT2D eigenvalue weighted by Crippen LogP contribution is 2.23. The number of rotatable bonds is 8. The summed E-state index contributed by atoms with van der Waals surface area (Å²) in [6, 6.07) is 12.1. The van der Waals surface area contributed by atoms with Crippen LogP contribution in [-0.2, 0) is 14.3 Å². The lowest BCUT2D eigenvalue weighted by molar-refractivity contribution is -0.383. The number of carbonyl (C=O) groups is 2. The number of ether oxygens (including phenoxy) is 3. The van der Waals surface area contributed by atoms with Crippen molar-refractivity contribution in [3.05, 3.63) is 64.2 Å². The second kappa shape index (κ2) is 9.65. The normalized spacial score (nSPS) is 15.5. The Hall–Kier alpha value is -3.46. The highest BCUT2D eigenvalue weighted by Gasteiger charge is 2.17. The summed E-state index contributed by atoms with van der Waals surface area (Å²) in [6.07, 6.45) is 2.10. The molecule has 1 aliphatic heterocycles. The van der Waals surface area contributed by atoms with Gasteiger partial charge in [-0.2, -0.15) is 0 Å². The number of anilines is 1. The van der Waals surface area contributed by atoms with Crippen LogP contribution < -0.4 is 10.1 Å². The van der Waals surface area contributed by atoms with Crippen molar-refractivity contribution in [3.8, 4) is 5.75 Å². The minimum Gasteiger partial charge on any atom is -0.491 e. The Morgan fingerprint density at radius 2 is 1.93 bits per heavy atom. The topological polar surface area (TPSA) is 117 Å². The zero-order chi connectivity index (χ0) is 20.6. The molecule has 1 fully saturated rings. The Balaban J connectivity index is 1.47. The summed E-state index contributed by atoms with van der Waals surface area (Å²) in [5, 5.41) is 13.3. The van der Waals surface area contributed by atoms with Gasteiger partial charge in [-0.3, -0.25) is 14.9 Å². The maximum Gasteiger partial charge on any atom is 0.338 e. The van der Waals surface area contributed by atoms with Gasteiger partial charge in [0.05, 0.1) is 16.6 Å². The molecule has 29 heavy (non-hydrogen) atoms. The van der Waals surface area contributed by atoms with Gasteiger partial charge >= 0.3 is 5.97 Å². The second-order valence-corrected chi connectivity index (χ2v) is 6.37. The third-order valence-corrected chi connectivity index (χ3v) is 4.26. The molecule has 1 amide bonds. The summed E-state index contributed by atoms with van der Waals surface area (Å²) in [7, 11) is 0. The maximum atomic E-state index is 12.1. The number of esters is 1. The van der Waals surface area contributed by atoms with Gasteiger partial charge in [0.2, 0.25) is 0 Å². The van der Waals surface area contributed by atoms with Gasteiger partial charge in [-0.05, 0) is 43.2 Å². The van der Waals surface area contributed by atoms with Crippen LogP contribution in [0.5, 0.6) is 5.75 Å². The van der Waals surface area contributed by atoms with E-state index in [9.17, 15) is 19.7 Å². The molecule has 2 aromatic rings. The highest BCUT2D eigenvalue weighted by molar-refractivity contribution is 5.96. The van der Waals surface area contributed by atoms with Gasteiger partial charge < -0.3 is 19.5 Å². The minimum atomic E-state index is -0.687. The van der Waals surface area contributed by atoms with E-state index >= 15 is 0 Å². The smallest absolute Gasteiger partial charge is 0.338 e. The summed E-state index contributed by atoms with van der Waals surface area (Å²) < 4.78 is 16.1. The van der Waals surface area contributed by atoms with Crippen molar-refractivity contribution in [2.45, 2.75) is 18.9 Å². The highest BCUT2D eigenvalue weighted by atomic mass is 16.6. The number of hydrogen-bond donors (Lipinski definition) is 1. The third kappa shape index (κ3) is 5.76. The number of hydrogen-bond acceptors (Lipinski definition) is 7. The first-order valence-electron chi connectivity index (χ1n) is 9.08. The summed E-state index contributed by atoms with van der Waals surface area (Å²) in [5.74, 6) is -0.760. The number of nitro groups is 1. The average molecular weight is 400 g/mol. The predicted octanol–water partition coefficient (Wildman–Crippen LogP) is 2.95. The molecule has 1 atom stereocenters. The Kier molecular flexibility index (Phi) is 6.75. The van der Waals surface area contributed by atoms with E-state index in [0.29, 0.717) is 12.4 Å². The van der Waals surface area contributed by atoms with E-state index in [1.165, 1.54) is 30.3 Å². The van der Waals surface area contributed by atoms with Crippen LogP contribution in [0.2, 0.25) is 0 Å². The van der Waals surface area contributed by atoms with Gasteiger partial charge in [0.15, 0.2) is 6.61 Å². The van der Waals surface area contributed by atoms with E-state index in [-0.39, 0.29) is 23.0 Å². The van der Waals surface area contributed by atoms with Crippen molar-refractivity contribution in [1.29, 1.82) is 0 Å². The lowest BCUT2D eigenvalue weighted by Crippen LogP contribution is -2.21. The Morgan fingerprint density at radius 3 is 2.62 bits per heavy atom. The van der Waals surface area contributed by atoms with Crippen molar-refractivity contribution in [1.82, 2.24) is 0 Å². The van der Waals surface area contributed by atoms with Crippen LogP contribution in [-0.4, -0.2) is 42.7 Å². The standard InChI is InChI=1S/C20H20N2O7/c23-19(21-17-5-1-2-6-18(17)22(25)26)13-29-20(24)14-7-9-15(10-8-14)28-12-16-4-3-11-27-16/h1-2,5-10,16H,3-4,11-13H2,(H,21,23)/t16-/m0/s1. The van der Waals surface area contributed by atoms with Gasteiger partial charge in [0, 0.05) is 12.7 Å². The summed E-state index contributed by atoms with van der Waals surface area (Å²) in [6.45, 7) is 0.641. The fourth-order valence-corrected chi connectivity index (χ4v) is 2.79. The van der Waals surface area contributed by atoms with Crippen LogP contribution in [0.1, 0.15) is 23.2 Å². The first-order chi connectivity index (χ1) is 14.0. The first kappa shape index (κ1) is 20.3. The van der Waals surface area contributed by atoms with Gasteiger partial charge in [-0.1, -0.05) is 12.1 Å². The lowest BCUT2D eigenvalue weighted by atomic mass is 10.2. The van der Waals surface area contributed by atoms with Crippen LogP contribution >= 0.6 is 0 Å². The molecular formula is C20H20N2O7. The molecule has 0 saturated carbocycles. The molecular weight excluding hydrogens is 380 g/mol. The maximum absolute atomic E-state index is 12.1. The molecule has 1 saturated heterocycles. The predicted molar refractivity (Wildman–Crippen MR) is 103 cm³/mol. The third-order valence-electron chi connectivity index (χ3n) is 4.26. The molecule has 2 aromatic carbocycles. The van der Waals surface area contributed by atoms with Crippen molar-refractivity contribution < 1.29 is 28.7 Å². The summed E-state index contributed by atoms with van der Waals surface area (Å²) >= 11 is 0. The number of nitrogens with one attached hydrogen (secondary N) is 1. The fraction of sp³-hybridized carbons (Fsp3) is 0.300. The number of nitrogens with zero attached hydrogens (tertiary/aromatic N) is 1. The number of para-hydroxylation sites is 2. The molecule has 3 rings (SSSR count). The molecule has 0 bridgehead atoms. The van der Waals surface area contributed by atoms with Gasteiger partial charge in [-0.15, -0.1) is 0 Å². The van der Waals surface area contributed by atoms with Crippen LogP contribution in [0, 0.1) is 10.1 Å². The number of nitro benzene ring substituents is 1. The van der Waals surface area contributed by atoms with E-state index in [2.05, 4.69) is 5.32 Å². The van der Waals surface area contributed by atoms with Crippen molar-refractivity contribution >= 4 is 23.3 Å². The van der Waals surface area contributed by atoms with E-state index in [4.69, 9.17) is 14.2 Å². The number of amides is 1. The summed E-state index contributed by atoms with van der Waals surface area (Å²) in [4.78, 5) is 34.4. The fourth-order valence-electron chi connectivity index (χ4n) is 2.79. The number of carbonyl (C=O) groups excluding carboxylic acids is 2. The molecule has 1 N–H and O–H groups in total. The lowest BCUT2D eigenvalue weighted by Gasteiger charge is -2.11. The Labute approximate surface area is 166 Å². The van der Waals surface area contributed by atoms with Crippen molar-refractivity contribution in [2.75, 3.05) is 25.1 Å². The van der Waals surface area contributed by atoms with Crippen LogP contribution in [0.4, 0.5) is 11.4 Å². The molecule has 0 spiro atoms. The molecule has 1 heterocycles. The average Bonchev–Trinajstić information content (AvgIpc) is 3.25. The van der Waals surface area contributed by atoms with E-state index in [0.717, 1.165) is 19.4 Å². The quantitative estimate of drug-likeness (QED) is 0.411. The minimum absolute atomic E-state index is 0.0336. The Morgan fingerprint density at radius 1 is 1.17 bits per heavy atom. The van der Waals surface area contributed by atoms with Crippen molar-refractivity contribution in [2.24, 2.45) is 0 Å². The van der Waals surface area contributed by atoms with Crippen LogP contribution in [0.15, 0.2) is 48.5 Å². The molecule has 1 aliphatic rings. The molecule has 0 aromatic heterocycles. The number of benzene rings is 2. The van der Waals surface area contributed by atoms with Gasteiger partial charge in [0.1, 0.15) is 18.0 Å². The molecule has 0 unspecified atom stereocenters. The van der Waals surface area contributed by atoms with E-state index in [1.807, 2.05) is 0 Å². The second-order valence-electron chi connectivity index (χ2n) is 6.37. The van der Waals surface area contributed by atoms with E-state index < -0.39 is 23.4 Å². The summed E-state index contributed by atoms with van der Waals surface area (Å²) in [5.41, 5.74) is 0.0463. The monoisotopic (exact) mass is 400 g/mol. The van der Waals surface area contributed by atoms with Crippen molar-refractivity contribution in [3.63, 3.8) is 0 Å². The zero-order valence-corrected chi connectivity index (χ0v) is 15.5. The van der Waals surface area contributed by atoms with Crippen LogP contribution in [0.25, 0.3) is 0 Å². The Bertz CT molecular complexity index is 877. The van der Waals surface area contributed by atoms with Gasteiger partial charge in [0.25, 0.3) is 11.6 Å². The largest absolute Gasteiger partial charge is 0.491 e. The zero-order valence-electron chi connectivity index (χ0n) is 15.5. The van der Waals surface area contributed by atoms with Gasteiger partial charge in [-0.25, -0.2) is 4.79 Å². The van der Waals surface area contributed by atoms with Crippen LogP contribution in [0.3, 0.4) is 0 Å². The molecule has 9 heteroatoms. The molecule has 152 valence electrons. The molecule has 0 aliphatic carbocycles. The van der Waals surface area contributed by atoms with E-state index in [1.54, 1.807) is 18.2 Å². The molecule has 0 radical (unpaired) electrons. The first-order valence-corrected chi connectivity index (χ1v) is 9.08. The SMILES string of the molecule is O=C(COC(=O)c1ccc(OC[C@@H]2CCCO2)cc1)Nc1ccccc1[N+](=O)[O-].